The van der Waals surface area contributed by atoms with Crippen LogP contribution in [0.4, 0.5) is 0 Å². The standard InChI is InChI=1S/C21H20N6O2S/c28-19-12-16(23-21-26(19)10-11-30-21)14-24-6-8-25(9-7-24)20(29)18-13-22-15-27(18)17-4-2-1-3-5-17/h1-5,10-13,15H,6-9,14H2. The summed E-state index contributed by atoms with van der Waals surface area (Å²) >= 11 is 1.45. The second kappa shape index (κ2) is 7.85. The van der Waals surface area contributed by atoms with Gasteiger partial charge in [-0.3, -0.25) is 23.5 Å². The van der Waals surface area contributed by atoms with Crippen molar-refractivity contribution in [2.75, 3.05) is 26.2 Å². The van der Waals surface area contributed by atoms with E-state index in [9.17, 15) is 9.59 Å². The number of nitrogens with zero attached hydrogens (tertiary/aromatic N) is 6. The van der Waals surface area contributed by atoms with Crippen LogP contribution in [-0.4, -0.2) is 60.8 Å². The fourth-order valence-corrected chi connectivity index (χ4v) is 4.46. The molecule has 1 saturated heterocycles. The van der Waals surface area contributed by atoms with Crippen molar-refractivity contribution >= 4 is 22.2 Å². The highest BCUT2D eigenvalue weighted by atomic mass is 32.1. The van der Waals surface area contributed by atoms with E-state index in [1.165, 1.54) is 11.3 Å². The topological polar surface area (TPSA) is 75.7 Å². The fraction of sp³-hybridized carbons (Fsp3) is 0.238. The lowest BCUT2D eigenvalue weighted by atomic mass is 10.2. The first-order valence-electron chi connectivity index (χ1n) is 9.74. The second-order valence-corrected chi connectivity index (χ2v) is 8.07. The predicted molar refractivity (Wildman–Crippen MR) is 114 cm³/mol. The molecule has 9 heteroatoms. The quantitative estimate of drug-likeness (QED) is 0.504. The Hall–Kier alpha value is -3.30. The maximum atomic E-state index is 13.1. The Morgan fingerprint density at radius 2 is 1.90 bits per heavy atom. The molecule has 0 unspecified atom stereocenters. The zero-order valence-corrected chi connectivity index (χ0v) is 17.0. The van der Waals surface area contributed by atoms with E-state index in [1.807, 2.05) is 45.2 Å². The molecule has 8 nitrogen and oxygen atoms in total. The molecule has 1 aliphatic rings. The second-order valence-electron chi connectivity index (χ2n) is 7.19. The summed E-state index contributed by atoms with van der Waals surface area (Å²) in [5.74, 6) is -0.0209. The van der Waals surface area contributed by atoms with E-state index in [2.05, 4.69) is 14.9 Å². The molecule has 0 atom stereocenters. The average Bonchev–Trinajstić information content (AvgIpc) is 3.44. The van der Waals surface area contributed by atoms with Crippen LogP contribution < -0.4 is 5.56 Å². The molecule has 1 amide bonds. The number of imidazole rings is 1. The van der Waals surface area contributed by atoms with Crippen LogP contribution >= 0.6 is 11.3 Å². The molecule has 0 saturated carbocycles. The Labute approximate surface area is 176 Å². The summed E-state index contributed by atoms with van der Waals surface area (Å²) in [5.41, 5.74) is 2.19. The van der Waals surface area contributed by atoms with Crippen molar-refractivity contribution < 1.29 is 4.79 Å². The van der Waals surface area contributed by atoms with Gasteiger partial charge in [-0.1, -0.05) is 18.2 Å². The first-order chi connectivity index (χ1) is 14.7. The van der Waals surface area contributed by atoms with Crippen LogP contribution in [0.3, 0.4) is 0 Å². The highest BCUT2D eigenvalue weighted by Gasteiger charge is 2.25. The molecule has 1 aliphatic heterocycles. The highest BCUT2D eigenvalue weighted by Crippen LogP contribution is 2.15. The number of thiazole rings is 1. The van der Waals surface area contributed by atoms with Crippen LogP contribution in [0.25, 0.3) is 10.6 Å². The SMILES string of the molecule is O=C(c1cncn1-c1ccccc1)N1CCN(Cc2cc(=O)n3ccsc3n2)CC1. The third-order valence-corrected chi connectivity index (χ3v) is 6.05. The first kappa shape index (κ1) is 18.7. The van der Waals surface area contributed by atoms with Gasteiger partial charge in [0.15, 0.2) is 4.96 Å². The van der Waals surface area contributed by atoms with Crippen LogP contribution in [0.1, 0.15) is 16.2 Å². The van der Waals surface area contributed by atoms with Crippen molar-refractivity contribution in [3.63, 3.8) is 0 Å². The van der Waals surface area contributed by atoms with Crippen LogP contribution in [0.2, 0.25) is 0 Å². The average molecular weight is 420 g/mol. The van der Waals surface area contributed by atoms with Gasteiger partial charge in [-0.2, -0.15) is 0 Å². The minimum absolute atomic E-state index is 0.0209. The maximum absolute atomic E-state index is 13.1. The molecule has 0 bridgehead atoms. The molecule has 30 heavy (non-hydrogen) atoms. The van der Waals surface area contributed by atoms with Gasteiger partial charge < -0.3 is 4.90 Å². The third kappa shape index (κ3) is 3.53. The Kier molecular flexibility index (Phi) is 4.89. The smallest absolute Gasteiger partial charge is 0.272 e. The summed E-state index contributed by atoms with van der Waals surface area (Å²) in [7, 11) is 0. The largest absolute Gasteiger partial charge is 0.335 e. The third-order valence-electron chi connectivity index (χ3n) is 5.29. The van der Waals surface area contributed by atoms with Crippen molar-refractivity contribution in [3.05, 3.63) is 82.2 Å². The van der Waals surface area contributed by atoms with Gasteiger partial charge in [0.1, 0.15) is 5.69 Å². The van der Waals surface area contributed by atoms with E-state index >= 15 is 0 Å². The number of para-hydroxylation sites is 1. The number of carbonyl (C=O) groups is 1. The molecule has 5 rings (SSSR count). The van der Waals surface area contributed by atoms with E-state index in [0.717, 1.165) is 24.5 Å². The van der Waals surface area contributed by atoms with Gasteiger partial charge in [-0.15, -0.1) is 11.3 Å². The Morgan fingerprint density at radius 3 is 2.70 bits per heavy atom. The number of amides is 1. The summed E-state index contributed by atoms with van der Waals surface area (Å²) in [6.07, 6.45) is 5.03. The number of rotatable bonds is 4. The summed E-state index contributed by atoms with van der Waals surface area (Å²) in [6.45, 7) is 3.32. The van der Waals surface area contributed by atoms with Crippen molar-refractivity contribution in [2.45, 2.75) is 6.54 Å². The fourth-order valence-electron chi connectivity index (χ4n) is 3.72. The summed E-state index contributed by atoms with van der Waals surface area (Å²) in [4.78, 5) is 38.8. The van der Waals surface area contributed by atoms with Gasteiger partial charge in [-0.25, -0.2) is 9.97 Å². The van der Waals surface area contributed by atoms with Gasteiger partial charge in [0.2, 0.25) is 0 Å². The Bertz CT molecular complexity index is 1240. The predicted octanol–water partition coefficient (Wildman–Crippen LogP) is 1.90. The van der Waals surface area contributed by atoms with Gasteiger partial charge in [0.05, 0.1) is 18.2 Å². The van der Waals surface area contributed by atoms with E-state index < -0.39 is 0 Å². The van der Waals surface area contributed by atoms with Crippen molar-refractivity contribution in [3.8, 4) is 5.69 Å². The van der Waals surface area contributed by atoms with Gasteiger partial charge in [0, 0.05) is 56.1 Å². The molecule has 1 fully saturated rings. The number of carbonyl (C=O) groups excluding carboxylic acids is 1. The van der Waals surface area contributed by atoms with E-state index in [0.29, 0.717) is 30.3 Å². The van der Waals surface area contributed by atoms with Gasteiger partial charge in [0.25, 0.3) is 11.5 Å². The lowest BCUT2D eigenvalue weighted by molar-refractivity contribution is 0.0619. The summed E-state index contributed by atoms with van der Waals surface area (Å²) in [6, 6.07) is 11.3. The van der Waals surface area contributed by atoms with E-state index in [-0.39, 0.29) is 11.5 Å². The number of aromatic nitrogens is 4. The number of hydrogen-bond donors (Lipinski definition) is 0. The number of hydrogen-bond acceptors (Lipinski definition) is 6. The summed E-state index contributed by atoms with van der Waals surface area (Å²) < 4.78 is 3.38. The van der Waals surface area contributed by atoms with Gasteiger partial charge >= 0.3 is 0 Å². The molecule has 3 aromatic heterocycles. The Morgan fingerprint density at radius 1 is 1.10 bits per heavy atom. The lowest BCUT2D eigenvalue weighted by Gasteiger charge is -2.34. The van der Waals surface area contributed by atoms with Crippen LogP contribution in [0, 0.1) is 0 Å². The minimum atomic E-state index is -0.0563. The number of piperazine rings is 1. The highest BCUT2D eigenvalue weighted by molar-refractivity contribution is 7.15. The van der Waals surface area contributed by atoms with Crippen molar-refractivity contribution in [1.29, 1.82) is 0 Å². The van der Waals surface area contributed by atoms with E-state index in [1.54, 1.807) is 29.2 Å². The van der Waals surface area contributed by atoms with Crippen LogP contribution in [-0.2, 0) is 6.54 Å². The zero-order chi connectivity index (χ0) is 20.5. The molecule has 0 spiro atoms. The molecular formula is C21H20N6O2S. The molecule has 0 aliphatic carbocycles. The zero-order valence-electron chi connectivity index (χ0n) is 16.2. The maximum Gasteiger partial charge on any atom is 0.272 e. The van der Waals surface area contributed by atoms with Crippen molar-refractivity contribution in [1.82, 2.24) is 28.7 Å². The molecule has 4 aromatic rings. The van der Waals surface area contributed by atoms with Crippen LogP contribution in [0.15, 0.2) is 65.3 Å². The molecule has 0 N–H and O–H groups in total. The Balaban J connectivity index is 1.25. The molecule has 152 valence electrons. The first-order valence-corrected chi connectivity index (χ1v) is 10.6. The normalized spacial score (nSPS) is 15.0. The van der Waals surface area contributed by atoms with Gasteiger partial charge in [-0.05, 0) is 12.1 Å². The number of fused-ring (bicyclic) bond motifs is 1. The van der Waals surface area contributed by atoms with Crippen LogP contribution in [0.5, 0.6) is 0 Å². The lowest BCUT2D eigenvalue weighted by Crippen LogP contribution is -2.48. The molecule has 1 aromatic carbocycles. The molecular weight excluding hydrogens is 400 g/mol. The van der Waals surface area contributed by atoms with E-state index in [4.69, 9.17) is 0 Å². The summed E-state index contributed by atoms with van der Waals surface area (Å²) in [5, 5.41) is 1.86. The number of benzene rings is 1. The monoisotopic (exact) mass is 420 g/mol. The molecule has 0 radical (unpaired) electrons. The molecule has 4 heterocycles. The van der Waals surface area contributed by atoms with Crippen molar-refractivity contribution in [2.24, 2.45) is 0 Å². The minimum Gasteiger partial charge on any atom is -0.335 e.